The smallest absolute Gasteiger partial charge is 0.278 e. The van der Waals surface area contributed by atoms with Crippen molar-refractivity contribution in [3.8, 4) is 0 Å². The van der Waals surface area contributed by atoms with Crippen LogP contribution in [0, 0.1) is 10.1 Å². The molecule has 0 aliphatic carbocycles. The van der Waals surface area contributed by atoms with Crippen molar-refractivity contribution < 1.29 is 9.72 Å². The summed E-state index contributed by atoms with van der Waals surface area (Å²) in [6, 6.07) is 5.89. The van der Waals surface area contributed by atoms with Gasteiger partial charge in [-0.2, -0.15) is 0 Å². The molecule has 0 saturated carbocycles. The Morgan fingerprint density at radius 2 is 2.13 bits per heavy atom. The summed E-state index contributed by atoms with van der Waals surface area (Å²) in [5, 5.41) is 11.1. The summed E-state index contributed by atoms with van der Waals surface area (Å²) in [6.07, 6.45) is 2.14. The zero-order valence-corrected chi connectivity index (χ0v) is 7.58. The summed E-state index contributed by atoms with van der Waals surface area (Å²) in [5.41, 5.74) is 0.682. The zero-order valence-electron chi connectivity index (χ0n) is 7.58. The van der Waals surface area contributed by atoms with Crippen LogP contribution in [0.3, 0.4) is 0 Å². The quantitative estimate of drug-likeness (QED) is 0.424. The van der Waals surface area contributed by atoms with E-state index in [1.807, 2.05) is 0 Å². The van der Waals surface area contributed by atoms with Crippen molar-refractivity contribution in [2.45, 2.75) is 0 Å². The van der Waals surface area contributed by atoms with Gasteiger partial charge in [-0.15, -0.1) is 0 Å². The van der Waals surface area contributed by atoms with Crippen LogP contribution in [-0.4, -0.2) is 16.2 Å². The van der Waals surface area contributed by atoms with E-state index >= 15 is 0 Å². The van der Waals surface area contributed by atoms with Gasteiger partial charge in [0, 0.05) is 17.8 Å². The van der Waals surface area contributed by atoms with Crippen molar-refractivity contribution in [2.75, 3.05) is 0 Å². The van der Waals surface area contributed by atoms with E-state index in [9.17, 15) is 14.9 Å². The van der Waals surface area contributed by atoms with E-state index in [2.05, 4.69) is 4.98 Å². The van der Waals surface area contributed by atoms with Gasteiger partial charge in [-0.05, 0) is 18.2 Å². The molecule has 5 heteroatoms. The van der Waals surface area contributed by atoms with Crippen molar-refractivity contribution in [2.24, 2.45) is 0 Å². The first kappa shape index (κ1) is 9.26. The summed E-state index contributed by atoms with van der Waals surface area (Å²) in [5.74, 6) is 0. The molecule has 1 heterocycles. The van der Waals surface area contributed by atoms with Crippen molar-refractivity contribution in [1.29, 1.82) is 0 Å². The van der Waals surface area contributed by atoms with Gasteiger partial charge in [-0.3, -0.25) is 19.9 Å². The lowest BCUT2D eigenvalue weighted by molar-refractivity contribution is -0.383. The summed E-state index contributed by atoms with van der Waals surface area (Å²) in [6.45, 7) is 0. The maximum absolute atomic E-state index is 10.7. The molecule has 0 atom stereocenters. The van der Waals surface area contributed by atoms with Crippen LogP contribution in [0.5, 0.6) is 0 Å². The highest BCUT2D eigenvalue weighted by Crippen LogP contribution is 2.25. The van der Waals surface area contributed by atoms with E-state index in [1.165, 1.54) is 18.3 Å². The Balaban J connectivity index is 2.89. The van der Waals surface area contributed by atoms with E-state index in [0.717, 1.165) is 0 Å². The molecule has 0 aliphatic rings. The van der Waals surface area contributed by atoms with Crippen molar-refractivity contribution >= 4 is 22.9 Å². The molecule has 0 unspecified atom stereocenters. The first-order valence-corrected chi connectivity index (χ1v) is 4.21. The topological polar surface area (TPSA) is 73.1 Å². The van der Waals surface area contributed by atoms with Crippen LogP contribution in [0.2, 0.25) is 0 Å². The normalized spacial score (nSPS) is 10.1. The summed E-state index contributed by atoms with van der Waals surface area (Å²) >= 11 is 0. The van der Waals surface area contributed by atoms with E-state index in [-0.39, 0.29) is 5.69 Å². The van der Waals surface area contributed by atoms with E-state index in [1.54, 1.807) is 12.1 Å². The lowest BCUT2D eigenvalue weighted by Crippen LogP contribution is -1.93. The Morgan fingerprint density at radius 3 is 2.80 bits per heavy atom. The molecule has 74 valence electrons. The Hall–Kier alpha value is -2.30. The maximum Gasteiger partial charge on any atom is 0.278 e. The number of fused-ring (bicyclic) bond motifs is 1. The highest BCUT2D eigenvalue weighted by molar-refractivity contribution is 5.99. The minimum atomic E-state index is -0.488. The lowest BCUT2D eigenvalue weighted by atomic mass is 10.1. The van der Waals surface area contributed by atoms with Gasteiger partial charge in [0.05, 0.1) is 15.8 Å². The second-order valence-corrected chi connectivity index (χ2v) is 2.95. The van der Waals surface area contributed by atoms with Gasteiger partial charge in [0.25, 0.3) is 5.69 Å². The van der Waals surface area contributed by atoms with Crippen LogP contribution in [-0.2, 0) is 0 Å². The molecule has 2 rings (SSSR count). The molecule has 0 N–H and O–H groups in total. The number of aldehydes is 1. The summed E-state index contributed by atoms with van der Waals surface area (Å²) in [7, 11) is 0. The molecule has 0 fully saturated rings. The second-order valence-electron chi connectivity index (χ2n) is 2.95. The third kappa shape index (κ3) is 1.43. The molecular formula is C10H6N2O3. The molecule has 0 saturated heterocycles. The molecule has 1 aromatic carbocycles. The molecule has 0 aliphatic heterocycles. The number of nitro benzene ring substituents is 1. The Morgan fingerprint density at radius 1 is 1.33 bits per heavy atom. The molecule has 15 heavy (non-hydrogen) atoms. The predicted molar refractivity (Wildman–Crippen MR) is 53.8 cm³/mol. The molecule has 0 spiro atoms. The Bertz CT molecular complexity index is 551. The van der Waals surface area contributed by atoms with Crippen molar-refractivity contribution in [1.82, 2.24) is 4.98 Å². The Kier molecular flexibility index (Phi) is 2.13. The highest BCUT2D eigenvalue weighted by atomic mass is 16.6. The minimum absolute atomic E-state index is 0.0382. The third-order valence-corrected chi connectivity index (χ3v) is 2.10. The number of pyridine rings is 1. The first-order chi connectivity index (χ1) is 7.24. The lowest BCUT2D eigenvalue weighted by Gasteiger charge is -2.00. The standard InChI is InChI=1S/C10H6N2O3/c13-6-7-3-4-9(12(14)15)8-2-1-5-11-10(7)8/h1-6H. The van der Waals surface area contributed by atoms with Gasteiger partial charge < -0.3 is 0 Å². The largest absolute Gasteiger partial charge is 0.298 e. The average Bonchev–Trinajstić information content (AvgIpc) is 2.27. The van der Waals surface area contributed by atoms with Crippen LogP contribution >= 0.6 is 0 Å². The maximum atomic E-state index is 10.7. The zero-order chi connectivity index (χ0) is 10.8. The number of nitrogens with zero attached hydrogens (tertiary/aromatic N) is 2. The van der Waals surface area contributed by atoms with Crippen LogP contribution in [0.15, 0.2) is 30.5 Å². The number of rotatable bonds is 2. The molecule has 0 bridgehead atoms. The molecule has 2 aromatic rings. The van der Waals surface area contributed by atoms with Crippen LogP contribution in [0.4, 0.5) is 5.69 Å². The van der Waals surface area contributed by atoms with E-state index in [0.29, 0.717) is 22.8 Å². The number of nitro groups is 1. The fourth-order valence-electron chi connectivity index (χ4n) is 1.43. The second kappa shape index (κ2) is 3.45. The van der Waals surface area contributed by atoms with Crippen LogP contribution < -0.4 is 0 Å². The molecule has 0 radical (unpaired) electrons. The van der Waals surface area contributed by atoms with E-state index in [4.69, 9.17) is 0 Å². The fourth-order valence-corrected chi connectivity index (χ4v) is 1.43. The highest BCUT2D eigenvalue weighted by Gasteiger charge is 2.13. The monoisotopic (exact) mass is 202 g/mol. The number of carbonyl (C=O) groups excluding carboxylic acids is 1. The Labute approximate surface area is 84.5 Å². The third-order valence-electron chi connectivity index (χ3n) is 2.10. The fraction of sp³-hybridized carbons (Fsp3) is 0. The number of hydrogen-bond acceptors (Lipinski definition) is 4. The van der Waals surface area contributed by atoms with Crippen LogP contribution in [0.1, 0.15) is 10.4 Å². The van der Waals surface area contributed by atoms with Gasteiger partial charge in [0.1, 0.15) is 0 Å². The number of non-ortho nitro benzene ring substituents is 1. The summed E-state index contributed by atoms with van der Waals surface area (Å²) < 4.78 is 0. The number of aromatic nitrogens is 1. The van der Waals surface area contributed by atoms with Gasteiger partial charge in [0.15, 0.2) is 6.29 Å². The van der Waals surface area contributed by atoms with Gasteiger partial charge >= 0.3 is 0 Å². The van der Waals surface area contributed by atoms with E-state index < -0.39 is 4.92 Å². The number of carbonyl (C=O) groups is 1. The number of benzene rings is 1. The van der Waals surface area contributed by atoms with Gasteiger partial charge in [-0.1, -0.05) is 0 Å². The molecule has 5 nitrogen and oxygen atoms in total. The van der Waals surface area contributed by atoms with Gasteiger partial charge in [-0.25, -0.2) is 0 Å². The van der Waals surface area contributed by atoms with Gasteiger partial charge in [0.2, 0.25) is 0 Å². The minimum Gasteiger partial charge on any atom is -0.298 e. The first-order valence-electron chi connectivity index (χ1n) is 4.21. The molecule has 0 amide bonds. The predicted octanol–water partition coefficient (Wildman–Crippen LogP) is 1.96. The molecule has 1 aromatic heterocycles. The number of hydrogen-bond donors (Lipinski definition) is 0. The summed E-state index contributed by atoms with van der Waals surface area (Å²) in [4.78, 5) is 24.9. The SMILES string of the molecule is O=Cc1ccc([N+](=O)[O-])c2cccnc12. The van der Waals surface area contributed by atoms with Crippen molar-refractivity contribution in [3.05, 3.63) is 46.1 Å². The van der Waals surface area contributed by atoms with Crippen LogP contribution in [0.25, 0.3) is 10.9 Å². The molecular weight excluding hydrogens is 196 g/mol. The average molecular weight is 202 g/mol. The van der Waals surface area contributed by atoms with Crippen molar-refractivity contribution in [3.63, 3.8) is 0 Å².